The third kappa shape index (κ3) is 2.08. The molecule has 2 N–H and O–H groups in total. The molecule has 0 aromatic heterocycles. The first-order valence-electron chi connectivity index (χ1n) is 5.17. The van der Waals surface area contributed by atoms with E-state index in [-0.39, 0.29) is 11.3 Å². The Labute approximate surface area is 98.9 Å². The first kappa shape index (κ1) is 11.1. The van der Waals surface area contributed by atoms with Gasteiger partial charge in [-0.15, -0.1) is 0 Å². The minimum absolute atomic E-state index is 0.231. The van der Waals surface area contributed by atoms with E-state index in [1.807, 2.05) is 6.07 Å². The van der Waals surface area contributed by atoms with Crippen molar-refractivity contribution >= 4 is 17.8 Å². The molecule has 3 heteroatoms. The van der Waals surface area contributed by atoms with Crippen molar-refractivity contribution in [1.82, 2.24) is 0 Å². The van der Waals surface area contributed by atoms with Crippen LogP contribution in [0.25, 0.3) is 0 Å². The van der Waals surface area contributed by atoms with E-state index in [1.165, 1.54) is 0 Å². The highest BCUT2D eigenvalue weighted by Gasteiger charge is 2.15. The zero-order chi connectivity index (χ0) is 12.3. The maximum Gasteiger partial charge on any atom is 0.195 e. The van der Waals surface area contributed by atoms with Crippen LogP contribution >= 0.6 is 0 Å². The standard InChI is InChI=1S/C14H11NO2/c15-12-8-4-7-11(9-16)13(12)14(17)10-5-2-1-3-6-10/h1-9H,15H2. The average Bonchev–Trinajstić information content (AvgIpc) is 2.38. The molecule has 0 saturated carbocycles. The van der Waals surface area contributed by atoms with Crippen molar-refractivity contribution < 1.29 is 9.59 Å². The van der Waals surface area contributed by atoms with Crippen LogP contribution in [0.2, 0.25) is 0 Å². The molecular weight excluding hydrogens is 214 g/mol. The Kier molecular flexibility index (Phi) is 3.01. The van der Waals surface area contributed by atoms with Crippen LogP contribution in [0.1, 0.15) is 26.3 Å². The summed E-state index contributed by atoms with van der Waals surface area (Å²) in [6.07, 6.45) is 0.645. The minimum atomic E-state index is -0.231. The SMILES string of the molecule is Nc1cccc(C=O)c1C(=O)c1ccccc1. The summed E-state index contributed by atoms with van der Waals surface area (Å²) in [6, 6.07) is 13.6. The zero-order valence-electron chi connectivity index (χ0n) is 9.09. The molecule has 0 unspecified atom stereocenters. The van der Waals surface area contributed by atoms with E-state index in [0.717, 1.165) is 0 Å². The Hall–Kier alpha value is -2.42. The molecule has 2 rings (SSSR count). The van der Waals surface area contributed by atoms with Gasteiger partial charge in [-0.3, -0.25) is 9.59 Å². The summed E-state index contributed by atoms with van der Waals surface area (Å²) >= 11 is 0. The number of ketones is 1. The predicted octanol–water partition coefficient (Wildman–Crippen LogP) is 2.31. The van der Waals surface area contributed by atoms with Gasteiger partial charge in [-0.2, -0.15) is 0 Å². The van der Waals surface area contributed by atoms with Crippen LogP contribution in [0.15, 0.2) is 48.5 Å². The molecule has 0 spiro atoms. The number of rotatable bonds is 3. The monoisotopic (exact) mass is 225 g/mol. The van der Waals surface area contributed by atoms with E-state index in [0.29, 0.717) is 23.1 Å². The van der Waals surface area contributed by atoms with Crippen molar-refractivity contribution in [2.24, 2.45) is 0 Å². The lowest BCUT2D eigenvalue weighted by Crippen LogP contribution is -2.08. The molecule has 0 aliphatic heterocycles. The van der Waals surface area contributed by atoms with Crippen molar-refractivity contribution in [1.29, 1.82) is 0 Å². The Bertz CT molecular complexity index is 562. The molecule has 0 fully saturated rings. The third-order valence-electron chi connectivity index (χ3n) is 2.52. The van der Waals surface area contributed by atoms with Gasteiger partial charge in [-0.25, -0.2) is 0 Å². The highest BCUT2D eigenvalue weighted by atomic mass is 16.1. The van der Waals surface area contributed by atoms with Crippen molar-refractivity contribution in [3.05, 3.63) is 65.2 Å². The van der Waals surface area contributed by atoms with Crippen LogP contribution in [0.4, 0.5) is 5.69 Å². The molecule has 84 valence electrons. The lowest BCUT2D eigenvalue weighted by atomic mass is 9.97. The lowest BCUT2D eigenvalue weighted by Gasteiger charge is -2.07. The second-order valence-electron chi connectivity index (χ2n) is 3.62. The van der Waals surface area contributed by atoms with Gasteiger partial charge < -0.3 is 5.73 Å². The van der Waals surface area contributed by atoms with Gasteiger partial charge in [0, 0.05) is 16.8 Å². The Balaban J connectivity index is 2.55. The third-order valence-corrected chi connectivity index (χ3v) is 2.52. The molecule has 17 heavy (non-hydrogen) atoms. The molecule has 0 atom stereocenters. The summed E-state index contributed by atoms with van der Waals surface area (Å²) in [4.78, 5) is 23.1. The van der Waals surface area contributed by atoms with E-state index >= 15 is 0 Å². The average molecular weight is 225 g/mol. The van der Waals surface area contributed by atoms with Crippen molar-refractivity contribution in [3.63, 3.8) is 0 Å². The van der Waals surface area contributed by atoms with Gasteiger partial charge in [0.2, 0.25) is 0 Å². The Morgan fingerprint density at radius 2 is 1.71 bits per heavy atom. The quantitative estimate of drug-likeness (QED) is 0.495. The first-order chi connectivity index (χ1) is 8.24. The number of carbonyl (C=O) groups is 2. The van der Waals surface area contributed by atoms with Gasteiger partial charge in [0.1, 0.15) is 0 Å². The van der Waals surface area contributed by atoms with E-state index in [1.54, 1.807) is 42.5 Å². The summed E-state index contributed by atoms with van der Waals surface area (Å²) in [6.45, 7) is 0. The number of nitrogen functional groups attached to an aromatic ring is 1. The van der Waals surface area contributed by atoms with E-state index < -0.39 is 0 Å². The Morgan fingerprint density at radius 1 is 1.00 bits per heavy atom. The van der Waals surface area contributed by atoms with Crippen LogP contribution in [0.3, 0.4) is 0 Å². The number of nitrogens with two attached hydrogens (primary N) is 1. The maximum absolute atomic E-state index is 12.2. The minimum Gasteiger partial charge on any atom is -0.398 e. The number of carbonyl (C=O) groups excluding carboxylic acids is 2. The lowest BCUT2D eigenvalue weighted by molar-refractivity contribution is 0.103. The molecule has 0 bridgehead atoms. The van der Waals surface area contributed by atoms with Crippen LogP contribution in [-0.2, 0) is 0 Å². The van der Waals surface area contributed by atoms with Gasteiger partial charge in [0.15, 0.2) is 12.1 Å². The second-order valence-corrected chi connectivity index (χ2v) is 3.62. The van der Waals surface area contributed by atoms with Crippen molar-refractivity contribution in [2.45, 2.75) is 0 Å². The molecule has 2 aromatic carbocycles. The summed E-state index contributed by atoms with van der Waals surface area (Å²) in [5.41, 5.74) is 7.19. The predicted molar refractivity (Wildman–Crippen MR) is 66.1 cm³/mol. The molecule has 3 nitrogen and oxygen atoms in total. The van der Waals surface area contributed by atoms with Gasteiger partial charge >= 0.3 is 0 Å². The molecule has 0 saturated heterocycles. The van der Waals surface area contributed by atoms with E-state index in [9.17, 15) is 9.59 Å². The fourth-order valence-electron chi connectivity index (χ4n) is 1.68. The van der Waals surface area contributed by atoms with Gasteiger partial charge in [0.05, 0.1) is 5.56 Å². The molecule has 0 aliphatic rings. The molecule has 0 radical (unpaired) electrons. The number of hydrogen-bond donors (Lipinski definition) is 1. The van der Waals surface area contributed by atoms with Crippen molar-refractivity contribution in [2.75, 3.05) is 5.73 Å². The summed E-state index contributed by atoms with van der Waals surface area (Å²) < 4.78 is 0. The summed E-state index contributed by atoms with van der Waals surface area (Å²) in [5.74, 6) is -0.231. The summed E-state index contributed by atoms with van der Waals surface area (Å²) in [5, 5.41) is 0. The topological polar surface area (TPSA) is 60.2 Å². The number of benzene rings is 2. The number of anilines is 1. The maximum atomic E-state index is 12.2. The van der Waals surface area contributed by atoms with Crippen LogP contribution in [0, 0.1) is 0 Å². The Morgan fingerprint density at radius 3 is 2.35 bits per heavy atom. The zero-order valence-corrected chi connectivity index (χ0v) is 9.09. The fourth-order valence-corrected chi connectivity index (χ4v) is 1.68. The van der Waals surface area contributed by atoms with E-state index in [4.69, 9.17) is 5.73 Å². The smallest absolute Gasteiger partial charge is 0.195 e. The number of aldehydes is 1. The van der Waals surface area contributed by atoms with Gasteiger partial charge in [-0.1, -0.05) is 42.5 Å². The molecule has 0 amide bonds. The van der Waals surface area contributed by atoms with Crippen LogP contribution in [-0.4, -0.2) is 12.1 Å². The van der Waals surface area contributed by atoms with Crippen LogP contribution < -0.4 is 5.73 Å². The normalized spacial score (nSPS) is 9.88. The first-order valence-corrected chi connectivity index (χ1v) is 5.17. The van der Waals surface area contributed by atoms with Gasteiger partial charge in [-0.05, 0) is 6.07 Å². The van der Waals surface area contributed by atoms with E-state index in [2.05, 4.69) is 0 Å². The second kappa shape index (κ2) is 4.61. The highest BCUT2D eigenvalue weighted by molar-refractivity contribution is 6.15. The molecular formula is C14H11NO2. The summed E-state index contributed by atoms with van der Waals surface area (Å²) in [7, 11) is 0. The van der Waals surface area contributed by atoms with Gasteiger partial charge in [0.25, 0.3) is 0 Å². The van der Waals surface area contributed by atoms with Crippen LogP contribution in [0.5, 0.6) is 0 Å². The number of hydrogen-bond acceptors (Lipinski definition) is 3. The largest absolute Gasteiger partial charge is 0.398 e. The fraction of sp³-hybridized carbons (Fsp3) is 0. The molecule has 0 heterocycles. The van der Waals surface area contributed by atoms with Crippen molar-refractivity contribution in [3.8, 4) is 0 Å². The molecule has 2 aromatic rings. The molecule has 0 aliphatic carbocycles. The highest BCUT2D eigenvalue weighted by Crippen LogP contribution is 2.19.